The number of carbonyl (C=O) groups is 1. The summed E-state index contributed by atoms with van der Waals surface area (Å²) in [5, 5.41) is 10.5. The first kappa shape index (κ1) is 16.5. The molecular formula is C18H15N7O2. The van der Waals surface area contributed by atoms with Crippen molar-refractivity contribution >= 4 is 17.3 Å². The molecule has 1 amide bonds. The van der Waals surface area contributed by atoms with E-state index in [1.165, 1.54) is 6.33 Å². The largest absolute Gasteiger partial charge is 0.397 e. The summed E-state index contributed by atoms with van der Waals surface area (Å²) in [6, 6.07) is 8.53. The minimum absolute atomic E-state index is 0.269. The summed E-state index contributed by atoms with van der Waals surface area (Å²) in [5.74, 6) is -0.0356. The molecule has 0 aliphatic rings. The van der Waals surface area contributed by atoms with Crippen LogP contribution in [-0.2, 0) is 7.05 Å². The highest BCUT2D eigenvalue weighted by molar-refractivity contribution is 6.05. The van der Waals surface area contributed by atoms with Gasteiger partial charge >= 0.3 is 0 Å². The number of rotatable bonds is 4. The smallest absolute Gasteiger partial charge is 0.274 e. The van der Waals surface area contributed by atoms with E-state index in [1.807, 2.05) is 19.3 Å². The first-order valence-corrected chi connectivity index (χ1v) is 8.03. The van der Waals surface area contributed by atoms with Crippen molar-refractivity contribution in [3.8, 4) is 22.6 Å². The van der Waals surface area contributed by atoms with Crippen LogP contribution in [0.25, 0.3) is 22.6 Å². The van der Waals surface area contributed by atoms with Gasteiger partial charge in [0.1, 0.15) is 5.69 Å². The maximum atomic E-state index is 12.5. The SMILES string of the molecule is Cn1cc(-c2ccc(C(=O)Nc3cc(-c4ncno4)ccc3N)nc2)cn1. The van der Waals surface area contributed by atoms with Crippen LogP contribution >= 0.6 is 0 Å². The fourth-order valence-corrected chi connectivity index (χ4v) is 2.55. The second-order valence-corrected chi connectivity index (χ2v) is 5.84. The number of benzene rings is 1. The lowest BCUT2D eigenvalue weighted by Gasteiger charge is -2.09. The fraction of sp³-hybridized carbons (Fsp3) is 0.0556. The molecule has 27 heavy (non-hydrogen) atoms. The monoisotopic (exact) mass is 361 g/mol. The van der Waals surface area contributed by atoms with E-state index in [-0.39, 0.29) is 11.6 Å². The molecule has 0 aliphatic heterocycles. The highest BCUT2D eigenvalue weighted by atomic mass is 16.5. The molecule has 3 N–H and O–H groups in total. The van der Waals surface area contributed by atoms with Crippen LogP contribution < -0.4 is 11.1 Å². The lowest BCUT2D eigenvalue weighted by molar-refractivity contribution is 0.102. The van der Waals surface area contributed by atoms with Gasteiger partial charge in [-0.25, -0.2) is 0 Å². The van der Waals surface area contributed by atoms with Crippen LogP contribution in [0.3, 0.4) is 0 Å². The number of amides is 1. The molecule has 0 radical (unpaired) electrons. The van der Waals surface area contributed by atoms with Crippen LogP contribution in [0.1, 0.15) is 10.5 Å². The van der Waals surface area contributed by atoms with Gasteiger partial charge in [0.05, 0.1) is 17.6 Å². The highest BCUT2D eigenvalue weighted by Gasteiger charge is 2.13. The van der Waals surface area contributed by atoms with Crippen molar-refractivity contribution in [1.82, 2.24) is 24.9 Å². The van der Waals surface area contributed by atoms with Crippen molar-refractivity contribution in [2.45, 2.75) is 0 Å². The first-order chi connectivity index (χ1) is 13.1. The Morgan fingerprint density at radius 2 is 1.96 bits per heavy atom. The van der Waals surface area contributed by atoms with Crippen LogP contribution in [0.2, 0.25) is 0 Å². The Morgan fingerprint density at radius 3 is 2.63 bits per heavy atom. The van der Waals surface area contributed by atoms with Gasteiger partial charge in [0.15, 0.2) is 6.33 Å². The molecule has 134 valence electrons. The molecule has 9 nitrogen and oxygen atoms in total. The Hall–Kier alpha value is -4.01. The standard InChI is InChI=1S/C18H15N7O2/c1-25-9-13(8-22-25)12-3-5-15(20-7-12)17(26)24-16-6-11(2-4-14(16)19)18-21-10-23-27-18/h2-10H,19H2,1H3,(H,24,26). The topological polar surface area (TPSA) is 125 Å². The number of nitrogens with zero attached hydrogens (tertiary/aromatic N) is 5. The summed E-state index contributed by atoms with van der Waals surface area (Å²) in [6.07, 6.45) is 6.54. The average molecular weight is 361 g/mol. The number of anilines is 2. The molecule has 0 saturated carbocycles. The van der Waals surface area contributed by atoms with E-state index in [1.54, 1.807) is 41.3 Å². The van der Waals surface area contributed by atoms with Crippen LogP contribution in [0.4, 0.5) is 11.4 Å². The molecule has 0 spiro atoms. The van der Waals surface area contributed by atoms with E-state index in [9.17, 15) is 4.79 Å². The van der Waals surface area contributed by atoms with Crippen molar-refractivity contribution in [2.75, 3.05) is 11.1 Å². The van der Waals surface area contributed by atoms with Crippen LogP contribution in [-0.4, -0.2) is 30.8 Å². The molecular weight excluding hydrogens is 346 g/mol. The molecule has 0 fully saturated rings. The summed E-state index contributed by atoms with van der Waals surface area (Å²) < 4.78 is 6.73. The predicted molar refractivity (Wildman–Crippen MR) is 98.5 cm³/mol. The van der Waals surface area contributed by atoms with Gasteiger partial charge in [0.25, 0.3) is 11.8 Å². The molecule has 4 aromatic rings. The summed E-state index contributed by atoms with van der Waals surface area (Å²) in [4.78, 5) is 20.7. The Morgan fingerprint density at radius 1 is 1.11 bits per heavy atom. The maximum Gasteiger partial charge on any atom is 0.274 e. The average Bonchev–Trinajstić information content (AvgIpc) is 3.35. The van der Waals surface area contributed by atoms with Crippen LogP contribution in [0, 0.1) is 0 Å². The minimum Gasteiger partial charge on any atom is -0.397 e. The Bertz CT molecular complexity index is 1090. The van der Waals surface area contributed by atoms with Gasteiger partial charge in [-0.1, -0.05) is 11.2 Å². The van der Waals surface area contributed by atoms with E-state index in [0.717, 1.165) is 11.1 Å². The number of aryl methyl sites for hydroxylation is 1. The molecule has 0 atom stereocenters. The van der Waals surface area contributed by atoms with Crippen molar-refractivity contribution in [3.05, 3.63) is 60.9 Å². The number of nitrogen functional groups attached to an aromatic ring is 1. The molecule has 4 rings (SSSR count). The molecule has 3 heterocycles. The van der Waals surface area contributed by atoms with Gasteiger partial charge in [0, 0.05) is 36.1 Å². The fourth-order valence-electron chi connectivity index (χ4n) is 2.55. The van der Waals surface area contributed by atoms with E-state index < -0.39 is 0 Å². The van der Waals surface area contributed by atoms with Crippen LogP contribution in [0.5, 0.6) is 0 Å². The van der Waals surface area contributed by atoms with E-state index in [0.29, 0.717) is 22.8 Å². The Kier molecular flexibility index (Phi) is 4.09. The van der Waals surface area contributed by atoms with Gasteiger partial charge in [-0.15, -0.1) is 0 Å². The summed E-state index contributed by atoms with van der Waals surface area (Å²) in [6.45, 7) is 0. The van der Waals surface area contributed by atoms with Gasteiger partial charge < -0.3 is 15.6 Å². The molecule has 0 unspecified atom stereocenters. The number of hydrogen-bond donors (Lipinski definition) is 2. The first-order valence-electron chi connectivity index (χ1n) is 8.03. The van der Waals surface area contributed by atoms with E-state index >= 15 is 0 Å². The zero-order valence-electron chi connectivity index (χ0n) is 14.3. The number of hydrogen-bond acceptors (Lipinski definition) is 7. The lowest BCUT2D eigenvalue weighted by Crippen LogP contribution is -2.14. The summed E-state index contributed by atoms with van der Waals surface area (Å²) in [7, 11) is 1.84. The molecule has 3 aromatic heterocycles. The van der Waals surface area contributed by atoms with Gasteiger partial charge in [-0.3, -0.25) is 14.5 Å². The predicted octanol–water partition coefficient (Wildman–Crippen LogP) is 2.37. The number of carbonyl (C=O) groups excluding carboxylic acids is 1. The van der Waals surface area contributed by atoms with Crippen molar-refractivity contribution in [3.63, 3.8) is 0 Å². The third kappa shape index (κ3) is 3.38. The van der Waals surface area contributed by atoms with Crippen molar-refractivity contribution < 1.29 is 9.32 Å². The number of aromatic nitrogens is 5. The highest BCUT2D eigenvalue weighted by Crippen LogP contribution is 2.26. The van der Waals surface area contributed by atoms with Gasteiger partial charge in [-0.05, 0) is 24.3 Å². The third-order valence-electron chi connectivity index (χ3n) is 3.94. The quantitative estimate of drug-likeness (QED) is 0.535. The summed E-state index contributed by atoms with van der Waals surface area (Å²) in [5.41, 5.74) is 9.53. The molecule has 1 aromatic carbocycles. The molecule has 9 heteroatoms. The molecule has 0 bridgehead atoms. The van der Waals surface area contributed by atoms with Gasteiger partial charge in [-0.2, -0.15) is 10.1 Å². The minimum atomic E-state index is -0.373. The number of nitrogens with two attached hydrogens (primary N) is 1. The Balaban J connectivity index is 1.54. The second-order valence-electron chi connectivity index (χ2n) is 5.84. The van der Waals surface area contributed by atoms with Crippen LogP contribution in [0.15, 0.2) is 59.8 Å². The van der Waals surface area contributed by atoms with Gasteiger partial charge in [0.2, 0.25) is 0 Å². The zero-order valence-corrected chi connectivity index (χ0v) is 14.3. The molecule has 0 saturated heterocycles. The van der Waals surface area contributed by atoms with E-state index in [2.05, 4.69) is 25.5 Å². The van der Waals surface area contributed by atoms with Crippen molar-refractivity contribution in [2.24, 2.45) is 7.05 Å². The maximum absolute atomic E-state index is 12.5. The zero-order chi connectivity index (χ0) is 18.8. The lowest BCUT2D eigenvalue weighted by atomic mass is 10.1. The number of nitrogens with one attached hydrogen (secondary N) is 1. The van der Waals surface area contributed by atoms with Crippen molar-refractivity contribution in [1.29, 1.82) is 0 Å². The third-order valence-corrected chi connectivity index (χ3v) is 3.94. The normalized spacial score (nSPS) is 10.7. The Labute approximate surface area is 153 Å². The molecule has 0 aliphatic carbocycles. The summed E-state index contributed by atoms with van der Waals surface area (Å²) >= 11 is 0. The number of pyridine rings is 1. The second kappa shape index (κ2) is 6.71. The van der Waals surface area contributed by atoms with E-state index in [4.69, 9.17) is 10.3 Å².